The second-order valence-corrected chi connectivity index (χ2v) is 4.80. The number of hydrogen-bond donors (Lipinski definition) is 3. The molecule has 0 bridgehead atoms. The second kappa shape index (κ2) is 4.79. The van der Waals surface area contributed by atoms with Crippen molar-refractivity contribution >= 4 is 11.9 Å². The molecule has 102 valence electrons. The first-order chi connectivity index (χ1) is 8.90. The summed E-state index contributed by atoms with van der Waals surface area (Å²) in [4.78, 5) is 24.3. The number of aliphatic carboxylic acids is 1. The third-order valence-corrected chi connectivity index (χ3v) is 3.52. The lowest BCUT2D eigenvalue weighted by Gasteiger charge is -2.41. The number of benzene rings is 1. The molecule has 0 aromatic heterocycles. The minimum atomic E-state index is -0.862. The number of carboxylic acid groups (broad SMARTS) is 1. The Balaban J connectivity index is 2.00. The lowest BCUT2D eigenvalue weighted by molar-refractivity contribution is -0.144. The normalized spacial score (nSPS) is 16.8. The number of phenolic OH excluding ortho intramolecular Hbond substituents is 2. The van der Waals surface area contributed by atoms with Crippen molar-refractivity contribution in [2.24, 2.45) is 11.8 Å². The van der Waals surface area contributed by atoms with Gasteiger partial charge >= 0.3 is 5.97 Å². The third kappa shape index (κ3) is 2.47. The van der Waals surface area contributed by atoms with E-state index in [1.54, 1.807) is 6.92 Å². The summed E-state index contributed by atoms with van der Waals surface area (Å²) < 4.78 is 0. The molecule has 6 nitrogen and oxygen atoms in total. The van der Waals surface area contributed by atoms with E-state index < -0.39 is 11.9 Å². The standard InChI is InChI=1S/C13H15NO5/c1-7(13(18)19)9-5-14(6-9)12(17)8-2-3-10(15)11(16)4-8/h2-4,7,9,15-16H,5-6H2,1H3,(H,18,19). The van der Waals surface area contributed by atoms with Crippen LogP contribution in [0, 0.1) is 11.8 Å². The van der Waals surface area contributed by atoms with Crippen LogP contribution in [0.3, 0.4) is 0 Å². The fourth-order valence-corrected chi connectivity index (χ4v) is 2.04. The van der Waals surface area contributed by atoms with Crippen LogP contribution in [0.5, 0.6) is 11.5 Å². The maximum absolute atomic E-state index is 12.0. The van der Waals surface area contributed by atoms with Gasteiger partial charge in [-0.1, -0.05) is 6.92 Å². The Morgan fingerprint density at radius 2 is 1.89 bits per heavy atom. The Labute approximate surface area is 109 Å². The number of likely N-dealkylation sites (tertiary alicyclic amines) is 1. The fraction of sp³-hybridized carbons (Fsp3) is 0.385. The van der Waals surface area contributed by atoms with Gasteiger partial charge in [-0.15, -0.1) is 0 Å². The van der Waals surface area contributed by atoms with Crippen molar-refractivity contribution in [3.05, 3.63) is 23.8 Å². The molecular weight excluding hydrogens is 250 g/mol. The summed E-state index contributed by atoms with van der Waals surface area (Å²) >= 11 is 0. The summed E-state index contributed by atoms with van der Waals surface area (Å²) in [5.74, 6) is -2.27. The van der Waals surface area contributed by atoms with Crippen molar-refractivity contribution in [1.29, 1.82) is 0 Å². The largest absolute Gasteiger partial charge is 0.504 e. The Hall–Kier alpha value is -2.24. The average molecular weight is 265 g/mol. The van der Waals surface area contributed by atoms with Crippen LogP contribution in [-0.2, 0) is 4.79 Å². The number of carbonyl (C=O) groups excluding carboxylic acids is 1. The number of phenols is 2. The number of rotatable bonds is 3. The molecule has 1 atom stereocenters. The zero-order valence-electron chi connectivity index (χ0n) is 10.4. The lowest BCUT2D eigenvalue weighted by Crippen LogP contribution is -2.53. The van der Waals surface area contributed by atoms with Crippen LogP contribution in [-0.4, -0.2) is 45.2 Å². The average Bonchev–Trinajstić information content (AvgIpc) is 2.30. The monoisotopic (exact) mass is 265 g/mol. The van der Waals surface area contributed by atoms with Crippen molar-refractivity contribution in [1.82, 2.24) is 4.90 Å². The van der Waals surface area contributed by atoms with Gasteiger partial charge in [-0.3, -0.25) is 9.59 Å². The quantitative estimate of drug-likeness (QED) is 0.705. The van der Waals surface area contributed by atoms with Gasteiger partial charge in [0.05, 0.1) is 5.92 Å². The zero-order valence-corrected chi connectivity index (χ0v) is 10.4. The number of carboxylic acids is 1. The van der Waals surface area contributed by atoms with Gasteiger partial charge in [0.15, 0.2) is 11.5 Å². The summed E-state index contributed by atoms with van der Waals surface area (Å²) in [6, 6.07) is 3.87. The summed E-state index contributed by atoms with van der Waals surface area (Å²) in [6.07, 6.45) is 0. The molecule has 1 aliphatic heterocycles. The highest BCUT2D eigenvalue weighted by Gasteiger charge is 2.37. The second-order valence-electron chi connectivity index (χ2n) is 4.80. The van der Waals surface area contributed by atoms with E-state index in [2.05, 4.69) is 0 Å². The van der Waals surface area contributed by atoms with Crippen molar-refractivity contribution in [3.63, 3.8) is 0 Å². The lowest BCUT2D eigenvalue weighted by atomic mass is 9.86. The molecular formula is C13H15NO5. The molecule has 1 saturated heterocycles. The molecule has 19 heavy (non-hydrogen) atoms. The van der Waals surface area contributed by atoms with Crippen molar-refractivity contribution in [2.75, 3.05) is 13.1 Å². The molecule has 0 saturated carbocycles. The predicted octanol–water partition coefficient (Wildman–Crippen LogP) is 0.890. The van der Waals surface area contributed by atoms with Crippen molar-refractivity contribution in [2.45, 2.75) is 6.92 Å². The van der Waals surface area contributed by atoms with E-state index >= 15 is 0 Å². The summed E-state index contributed by atoms with van der Waals surface area (Å²) in [5, 5.41) is 27.4. The van der Waals surface area contributed by atoms with Crippen LogP contribution in [0.15, 0.2) is 18.2 Å². The first kappa shape index (κ1) is 13.2. The molecule has 1 amide bonds. The first-order valence-corrected chi connectivity index (χ1v) is 5.94. The maximum atomic E-state index is 12.0. The number of carbonyl (C=O) groups is 2. The molecule has 1 aromatic carbocycles. The van der Waals surface area contributed by atoms with Crippen LogP contribution < -0.4 is 0 Å². The summed E-state index contributed by atoms with van der Waals surface area (Å²) in [7, 11) is 0. The number of amides is 1. The van der Waals surface area contributed by atoms with Crippen LogP contribution in [0.4, 0.5) is 0 Å². The molecule has 3 N–H and O–H groups in total. The van der Waals surface area contributed by atoms with Crippen LogP contribution in [0.1, 0.15) is 17.3 Å². The highest BCUT2D eigenvalue weighted by atomic mass is 16.4. The van der Waals surface area contributed by atoms with Gasteiger partial charge in [-0.25, -0.2) is 0 Å². The molecule has 1 aromatic rings. The zero-order chi connectivity index (χ0) is 14.2. The minimum absolute atomic E-state index is 0.0350. The summed E-state index contributed by atoms with van der Waals surface area (Å²) in [6.45, 7) is 2.42. The van der Waals surface area contributed by atoms with E-state index in [0.29, 0.717) is 13.1 Å². The van der Waals surface area contributed by atoms with Crippen molar-refractivity contribution < 1.29 is 24.9 Å². The maximum Gasteiger partial charge on any atom is 0.306 e. The predicted molar refractivity (Wildman–Crippen MR) is 66.0 cm³/mol. The minimum Gasteiger partial charge on any atom is -0.504 e. The van der Waals surface area contributed by atoms with Gasteiger partial charge in [0.25, 0.3) is 5.91 Å². The van der Waals surface area contributed by atoms with Crippen molar-refractivity contribution in [3.8, 4) is 11.5 Å². The molecule has 1 aliphatic rings. The molecule has 1 heterocycles. The van der Waals surface area contributed by atoms with E-state index in [9.17, 15) is 19.8 Å². The molecule has 0 spiro atoms. The number of aromatic hydroxyl groups is 2. The molecule has 6 heteroatoms. The highest BCUT2D eigenvalue weighted by Crippen LogP contribution is 2.29. The van der Waals surface area contributed by atoms with Crippen LogP contribution in [0.25, 0.3) is 0 Å². The van der Waals surface area contributed by atoms with Gasteiger partial charge in [0.1, 0.15) is 0 Å². The van der Waals surface area contributed by atoms with E-state index in [-0.39, 0.29) is 28.9 Å². The molecule has 2 rings (SSSR count). The van der Waals surface area contributed by atoms with E-state index in [0.717, 1.165) is 0 Å². The molecule has 1 unspecified atom stereocenters. The van der Waals surface area contributed by atoms with E-state index in [1.165, 1.54) is 23.1 Å². The molecule has 0 radical (unpaired) electrons. The van der Waals surface area contributed by atoms with Gasteiger partial charge in [0.2, 0.25) is 0 Å². The third-order valence-electron chi connectivity index (χ3n) is 3.52. The Morgan fingerprint density at radius 3 is 2.42 bits per heavy atom. The Morgan fingerprint density at radius 1 is 1.26 bits per heavy atom. The van der Waals surface area contributed by atoms with E-state index in [4.69, 9.17) is 5.11 Å². The smallest absolute Gasteiger partial charge is 0.306 e. The fourth-order valence-electron chi connectivity index (χ4n) is 2.04. The first-order valence-electron chi connectivity index (χ1n) is 5.94. The number of nitrogens with zero attached hydrogens (tertiary/aromatic N) is 1. The van der Waals surface area contributed by atoms with Gasteiger partial charge in [-0.05, 0) is 18.2 Å². The molecule has 1 fully saturated rings. The van der Waals surface area contributed by atoms with Crippen LogP contribution >= 0.6 is 0 Å². The Bertz CT molecular complexity index is 522. The highest BCUT2D eigenvalue weighted by molar-refractivity contribution is 5.95. The SMILES string of the molecule is CC(C(=O)O)C1CN(C(=O)c2ccc(O)c(O)c2)C1. The van der Waals surface area contributed by atoms with E-state index in [1.807, 2.05) is 0 Å². The Kier molecular flexibility index (Phi) is 3.33. The molecule has 0 aliphatic carbocycles. The van der Waals surface area contributed by atoms with Gasteiger partial charge in [-0.2, -0.15) is 0 Å². The van der Waals surface area contributed by atoms with Crippen LogP contribution in [0.2, 0.25) is 0 Å². The number of hydrogen-bond acceptors (Lipinski definition) is 4. The van der Waals surface area contributed by atoms with Gasteiger partial charge in [0, 0.05) is 24.6 Å². The summed E-state index contributed by atoms with van der Waals surface area (Å²) in [5.41, 5.74) is 0.275. The van der Waals surface area contributed by atoms with Gasteiger partial charge < -0.3 is 20.2 Å². The topological polar surface area (TPSA) is 98.1 Å².